The molecule has 2 rings (SSSR count). The lowest BCUT2D eigenvalue weighted by Crippen LogP contribution is -2.33. The lowest BCUT2D eigenvalue weighted by molar-refractivity contribution is -0.115. The van der Waals surface area contributed by atoms with Crippen LogP contribution >= 0.6 is 11.6 Å². The Labute approximate surface area is 151 Å². The van der Waals surface area contributed by atoms with Gasteiger partial charge in [-0.2, -0.15) is 5.26 Å². The van der Waals surface area contributed by atoms with E-state index in [4.69, 9.17) is 16.9 Å². The van der Waals surface area contributed by atoms with Gasteiger partial charge in [-0.25, -0.2) is 4.39 Å². The first-order valence-electron chi connectivity index (χ1n) is 7.89. The predicted molar refractivity (Wildman–Crippen MR) is 96.8 cm³/mol. The summed E-state index contributed by atoms with van der Waals surface area (Å²) in [6.45, 7) is 4.09. The van der Waals surface area contributed by atoms with Crippen LogP contribution in [-0.4, -0.2) is 12.5 Å². The first kappa shape index (κ1) is 18.9. The smallest absolute Gasteiger partial charge is 0.238 e. The molecule has 0 bridgehead atoms. The van der Waals surface area contributed by atoms with Gasteiger partial charge in [0.1, 0.15) is 11.9 Å². The van der Waals surface area contributed by atoms with Gasteiger partial charge in [-0.3, -0.25) is 4.79 Å². The molecule has 4 nitrogen and oxygen atoms in total. The van der Waals surface area contributed by atoms with Crippen molar-refractivity contribution in [2.45, 2.75) is 19.9 Å². The zero-order valence-electron chi connectivity index (χ0n) is 14.0. The van der Waals surface area contributed by atoms with Crippen LogP contribution in [0.25, 0.3) is 0 Å². The molecular weight excluding hydrogens is 341 g/mol. The van der Waals surface area contributed by atoms with Crippen LogP contribution in [0.1, 0.15) is 31.0 Å². The van der Waals surface area contributed by atoms with Gasteiger partial charge in [0.2, 0.25) is 5.91 Å². The van der Waals surface area contributed by atoms with E-state index < -0.39 is 0 Å². The Morgan fingerprint density at radius 1 is 1.24 bits per heavy atom. The molecule has 0 aliphatic rings. The number of nitrogens with one attached hydrogen (secondary N) is 2. The van der Waals surface area contributed by atoms with Crippen LogP contribution in [-0.2, 0) is 4.79 Å². The van der Waals surface area contributed by atoms with Gasteiger partial charge in [0, 0.05) is 11.1 Å². The first-order chi connectivity index (χ1) is 11.9. The Bertz CT molecular complexity index is 784. The van der Waals surface area contributed by atoms with E-state index in [2.05, 4.69) is 10.6 Å². The number of nitriles is 1. The highest BCUT2D eigenvalue weighted by Crippen LogP contribution is 2.22. The summed E-state index contributed by atoms with van der Waals surface area (Å²) in [7, 11) is 0. The molecule has 0 saturated heterocycles. The summed E-state index contributed by atoms with van der Waals surface area (Å²) in [5, 5.41) is 15.4. The second kappa shape index (κ2) is 8.61. The van der Waals surface area contributed by atoms with E-state index in [9.17, 15) is 9.18 Å². The number of anilines is 1. The highest BCUT2D eigenvalue weighted by atomic mass is 35.5. The fraction of sp³-hybridized carbons (Fsp3) is 0.263. The van der Waals surface area contributed by atoms with Crippen molar-refractivity contribution in [2.24, 2.45) is 5.92 Å². The van der Waals surface area contributed by atoms with Gasteiger partial charge >= 0.3 is 0 Å². The van der Waals surface area contributed by atoms with Crippen LogP contribution in [0.5, 0.6) is 0 Å². The van der Waals surface area contributed by atoms with E-state index in [0.717, 1.165) is 5.56 Å². The van der Waals surface area contributed by atoms with Gasteiger partial charge in [0.05, 0.1) is 17.8 Å². The third-order valence-electron chi connectivity index (χ3n) is 3.75. The number of benzene rings is 2. The van der Waals surface area contributed by atoms with Crippen molar-refractivity contribution in [3.05, 3.63) is 64.4 Å². The molecule has 0 aliphatic carbocycles. The minimum atomic E-state index is -0.297. The second-order valence-corrected chi connectivity index (χ2v) is 6.44. The number of halogens is 2. The Morgan fingerprint density at radius 2 is 1.92 bits per heavy atom. The molecule has 0 radical (unpaired) electrons. The fourth-order valence-electron chi connectivity index (χ4n) is 2.52. The van der Waals surface area contributed by atoms with Gasteiger partial charge in [0.15, 0.2) is 0 Å². The van der Waals surface area contributed by atoms with Gasteiger partial charge < -0.3 is 10.6 Å². The fourth-order valence-corrected chi connectivity index (χ4v) is 2.70. The van der Waals surface area contributed by atoms with Crippen LogP contribution in [0.3, 0.4) is 0 Å². The van der Waals surface area contributed by atoms with Crippen molar-refractivity contribution in [1.82, 2.24) is 5.32 Å². The SMILES string of the molecule is CC(C)[C@@H](NCC(=O)Nc1cc(Cl)ccc1C#N)c1ccc(F)cc1. The minimum absolute atomic E-state index is 0.0532. The highest BCUT2D eigenvalue weighted by molar-refractivity contribution is 6.31. The first-order valence-corrected chi connectivity index (χ1v) is 8.27. The molecule has 0 aromatic heterocycles. The van der Waals surface area contributed by atoms with Crippen LogP contribution in [0, 0.1) is 23.1 Å². The average Bonchev–Trinajstić information content (AvgIpc) is 2.56. The summed E-state index contributed by atoms with van der Waals surface area (Å²) >= 11 is 5.91. The van der Waals surface area contributed by atoms with E-state index in [0.29, 0.717) is 16.3 Å². The van der Waals surface area contributed by atoms with E-state index in [1.54, 1.807) is 24.3 Å². The molecule has 6 heteroatoms. The Hall–Kier alpha value is -2.42. The summed E-state index contributed by atoms with van der Waals surface area (Å²) in [5.41, 5.74) is 1.63. The van der Waals surface area contributed by atoms with Crippen molar-refractivity contribution in [3.63, 3.8) is 0 Å². The molecule has 1 amide bonds. The number of amides is 1. The van der Waals surface area contributed by atoms with Crippen molar-refractivity contribution < 1.29 is 9.18 Å². The molecule has 25 heavy (non-hydrogen) atoms. The van der Waals surface area contributed by atoms with E-state index in [1.807, 2.05) is 19.9 Å². The second-order valence-electron chi connectivity index (χ2n) is 6.00. The third kappa shape index (κ3) is 5.28. The number of carbonyl (C=O) groups is 1. The van der Waals surface area contributed by atoms with Crippen molar-refractivity contribution in [3.8, 4) is 6.07 Å². The summed E-state index contributed by atoms with van der Waals surface area (Å²) < 4.78 is 13.1. The largest absolute Gasteiger partial charge is 0.324 e. The van der Waals surface area contributed by atoms with E-state index in [-0.39, 0.29) is 30.2 Å². The van der Waals surface area contributed by atoms with E-state index in [1.165, 1.54) is 18.2 Å². The molecule has 2 aromatic carbocycles. The zero-order valence-corrected chi connectivity index (χ0v) is 14.8. The standard InChI is InChI=1S/C19H19ClFN3O/c1-12(2)19(13-4-7-16(21)8-5-13)23-11-18(25)24-17-9-15(20)6-3-14(17)10-22/h3-9,12,19,23H,11H2,1-2H3,(H,24,25)/t19-/m1/s1. The summed E-state index contributed by atoms with van der Waals surface area (Å²) in [5.74, 6) is -0.375. The topological polar surface area (TPSA) is 64.9 Å². The Morgan fingerprint density at radius 3 is 2.52 bits per heavy atom. The number of hydrogen-bond donors (Lipinski definition) is 2. The van der Waals surface area contributed by atoms with Crippen LogP contribution in [0.4, 0.5) is 10.1 Å². The molecule has 0 spiro atoms. The summed E-state index contributed by atoms with van der Waals surface area (Å²) in [6.07, 6.45) is 0. The molecular formula is C19H19ClFN3O. The van der Waals surface area contributed by atoms with Gasteiger partial charge in [-0.05, 0) is 41.8 Å². The maximum Gasteiger partial charge on any atom is 0.238 e. The molecule has 1 atom stereocenters. The van der Waals surface area contributed by atoms with Gasteiger partial charge in [-0.15, -0.1) is 0 Å². The molecule has 0 saturated carbocycles. The van der Waals surface area contributed by atoms with Gasteiger partial charge in [-0.1, -0.05) is 37.6 Å². The molecule has 2 N–H and O–H groups in total. The average molecular weight is 360 g/mol. The quantitative estimate of drug-likeness (QED) is 0.809. The lowest BCUT2D eigenvalue weighted by Gasteiger charge is -2.23. The van der Waals surface area contributed by atoms with Crippen molar-refractivity contribution in [1.29, 1.82) is 5.26 Å². The summed E-state index contributed by atoms with van der Waals surface area (Å²) in [6, 6.07) is 12.8. The number of carbonyl (C=O) groups excluding carboxylic acids is 1. The number of hydrogen-bond acceptors (Lipinski definition) is 3. The maximum atomic E-state index is 13.1. The molecule has 0 aliphatic heterocycles. The zero-order chi connectivity index (χ0) is 18.4. The Balaban J connectivity index is 2.03. The van der Waals surface area contributed by atoms with Crippen molar-refractivity contribution >= 4 is 23.2 Å². The minimum Gasteiger partial charge on any atom is -0.324 e. The molecule has 0 heterocycles. The van der Waals surface area contributed by atoms with Crippen LogP contribution < -0.4 is 10.6 Å². The molecule has 2 aromatic rings. The molecule has 130 valence electrons. The van der Waals surface area contributed by atoms with Crippen LogP contribution in [0.2, 0.25) is 5.02 Å². The number of nitrogens with zero attached hydrogens (tertiary/aromatic N) is 1. The molecule has 0 fully saturated rings. The number of rotatable bonds is 6. The maximum absolute atomic E-state index is 13.1. The van der Waals surface area contributed by atoms with Crippen LogP contribution in [0.15, 0.2) is 42.5 Å². The highest BCUT2D eigenvalue weighted by Gasteiger charge is 2.17. The third-order valence-corrected chi connectivity index (χ3v) is 3.99. The van der Waals surface area contributed by atoms with Crippen molar-refractivity contribution in [2.75, 3.05) is 11.9 Å². The predicted octanol–water partition coefficient (Wildman–Crippen LogP) is 4.28. The van der Waals surface area contributed by atoms with E-state index >= 15 is 0 Å². The van der Waals surface area contributed by atoms with Gasteiger partial charge in [0.25, 0.3) is 0 Å². The summed E-state index contributed by atoms with van der Waals surface area (Å²) in [4.78, 5) is 12.2. The normalized spacial score (nSPS) is 11.8. The Kier molecular flexibility index (Phi) is 6.51. The monoisotopic (exact) mass is 359 g/mol. The molecule has 0 unspecified atom stereocenters. The lowest BCUT2D eigenvalue weighted by atomic mass is 9.96.